The van der Waals surface area contributed by atoms with Crippen molar-refractivity contribution in [3.63, 3.8) is 0 Å². The average molecular weight is 713 g/mol. The van der Waals surface area contributed by atoms with Gasteiger partial charge >= 0.3 is 12.0 Å². The number of hydrogen-bond acceptors (Lipinski definition) is 10. The standard InChI is InChI=1S/C35H48N6O8S/c1-23(2)30(41-29(43)13-9-7-8-11-25-20-38-34(39-21-25)50(6,47)48)28(42)19-26(12-10-18-37-33(36)46)31(44)40-27-16-14-24(15-17-27)22-49-32(45)35(3,4)5/h14-17,20-21,23,26,30H,7,9-10,12-13,18-19,22H2,1-6H3,(H,40,44)(H,41,43)(H3,36,37,46)/t26-,30+/m1/s1. The van der Waals surface area contributed by atoms with Crippen LogP contribution in [0, 0.1) is 29.1 Å². The van der Waals surface area contributed by atoms with Gasteiger partial charge in [-0.25, -0.2) is 23.2 Å². The number of amides is 4. The predicted molar refractivity (Wildman–Crippen MR) is 187 cm³/mol. The Morgan fingerprint density at radius 1 is 1.00 bits per heavy atom. The molecule has 0 saturated carbocycles. The quantitative estimate of drug-likeness (QED) is 0.0812. The molecular formula is C35H48N6O8S. The molecule has 0 saturated heterocycles. The topological polar surface area (TPSA) is 217 Å². The van der Waals surface area contributed by atoms with Gasteiger partial charge in [-0.15, -0.1) is 0 Å². The Hall–Kier alpha value is -4.84. The Morgan fingerprint density at radius 2 is 1.64 bits per heavy atom. The van der Waals surface area contributed by atoms with Crippen molar-refractivity contribution in [3.8, 4) is 11.8 Å². The minimum absolute atomic E-state index is 0.0861. The number of anilines is 1. The lowest BCUT2D eigenvalue weighted by molar-refractivity contribution is -0.154. The number of carbonyl (C=O) groups is 5. The maximum Gasteiger partial charge on any atom is 0.312 e. The van der Waals surface area contributed by atoms with E-state index >= 15 is 0 Å². The molecule has 0 aliphatic rings. The molecule has 1 aromatic carbocycles. The number of benzene rings is 1. The van der Waals surface area contributed by atoms with E-state index in [9.17, 15) is 32.4 Å². The van der Waals surface area contributed by atoms with E-state index in [0.29, 0.717) is 30.5 Å². The van der Waals surface area contributed by atoms with E-state index in [1.807, 2.05) is 0 Å². The van der Waals surface area contributed by atoms with E-state index in [0.717, 1.165) is 11.8 Å². The zero-order valence-corrected chi connectivity index (χ0v) is 30.3. The Bertz CT molecular complexity index is 1660. The maximum atomic E-state index is 13.5. The molecule has 50 heavy (non-hydrogen) atoms. The summed E-state index contributed by atoms with van der Waals surface area (Å²) >= 11 is 0. The molecule has 0 bridgehead atoms. The number of rotatable bonds is 17. The fourth-order valence-electron chi connectivity index (χ4n) is 4.49. The van der Waals surface area contributed by atoms with Crippen LogP contribution < -0.4 is 21.7 Å². The van der Waals surface area contributed by atoms with Crippen LogP contribution in [-0.2, 0) is 40.4 Å². The highest BCUT2D eigenvalue weighted by Gasteiger charge is 2.29. The summed E-state index contributed by atoms with van der Waals surface area (Å²) in [6.07, 6.45) is 5.06. The highest BCUT2D eigenvalue weighted by atomic mass is 32.2. The Labute approximate surface area is 294 Å². The third-order valence-corrected chi connectivity index (χ3v) is 8.15. The Morgan fingerprint density at radius 3 is 2.20 bits per heavy atom. The van der Waals surface area contributed by atoms with Gasteiger partial charge in [0.2, 0.25) is 26.8 Å². The van der Waals surface area contributed by atoms with Crippen LogP contribution in [0.1, 0.15) is 84.3 Å². The van der Waals surface area contributed by atoms with Gasteiger partial charge in [0.1, 0.15) is 6.61 Å². The molecular weight excluding hydrogens is 664 g/mol. The van der Waals surface area contributed by atoms with Crippen LogP contribution in [0.4, 0.5) is 10.5 Å². The van der Waals surface area contributed by atoms with Crippen molar-refractivity contribution < 1.29 is 37.1 Å². The first-order chi connectivity index (χ1) is 23.4. The molecule has 2 aromatic rings. The minimum Gasteiger partial charge on any atom is -0.460 e. The van der Waals surface area contributed by atoms with Crippen molar-refractivity contribution in [1.29, 1.82) is 0 Å². The van der Waals surface area contributed by atoms with Crippen LogP contribution in [0.5, 0.6) is 0 Å². The SMILES string of the molecule is CC(C)[C@H](NC(=O)CCCC#Cc1cnc(S(C)(=O)=O)nc1)C(=O)C[C@@H](CCCNC(N)=O)C(=O)Nc1ccc(COC(=O)C(C)(C)C)cc1. The molecule has 1 aromatic heterocycles. The highest BCUT2D eigenvalue weighted by molar-refractivity contribution is 7.90. The first kappa shape index (κ1) is 41.3. The number of primary amides is 1. The zero-order chi connectivity index (χ0) is 37.5. The number of urea groups is 1. The van der Waals surface area contributed by atoms with E-state index in [1.165, 1.54) is 12.4 Å². The van der Waals surface area contributed by atoms with Gasteiger partial charge in [0.25, 0.3) is 0 Å². The number of esters is 1. The van der Waals surface area contributed by atoms with Crippen molar-refractivity contribution in [2.45, 2.75) is 90.9 Å². The van der Waals surface area contributed by atoms with Gasteiger partial charge in [-0.1, -0.05) is 37.8 Å². The number of carbonyl (C=O) groups excluding carboxylic acids is 5. The number of ketones is 1. The highest BCUT2D eigenvalue weighted by Crippen LogP contribution is 2.21. The van der Waals surface area contributed by atoms with Gasteiger partial charge < -0.3 is 26.4 Å². The summed E-state index contributed by atoms with van der Waals surface area (Å²) in [4.78, 5) is 70.4. The van der Waals surface area contributed by atoms with Crippen LogP contribution >= 0.6 is 0 Å². The van der Waals surface area contributed by atoms with Crippen molar-refractivity contribution in [1.82, 2.24) is 20.6 Å². The Balaban J connectivity index is 1.99. The summed E-state index contributed by atoms with van der Waals surface area (Å²) < 4.78 is 28.3. The molecule has 0 aliphatic heterocycles. The molecule has 0 aliphatic carbocycles. The van der Waals surface area contributed by atoms with Gasteiger partial charge in [0.15, 0.2) is 5.78 Å². The van der Waals surface area contributed by atoms with Gasteiger partial charge in [-0.3, -0.25) is 19.2 Å². The molecule has 0 unspecified atom stereocenters. The predicted octanol–water partition coefficient (Wildman–Crippen LogP) is 3.29. The smallest absolute Gasteiger partial charge is 0.312 e. The van der Waals surface area contributed by atoms with E-state index in [1.54, 1.807) is 58.9 Å². The van der Waals surface area contributed by atoms with Crippen molar-refractivity contribution >= 4 is 45.1 Å². The third-order valence-electron chi connectivity index (χ3n) is 7.28. The van der Waals surface area contributed by atoms with Crippen LogP contribution in [0.15, 0.2) is 41.8 Å². The van der Waals surface area contributed by atoms with Gasteiger partial charge in [-0.2, -0.15) is 0 Å². The van der Waals surface area contributed by atoms with E-state index in [4.69, 9.17) is 10.5 Å². The van der Waals surface area contributed by atoms with Gasteiger partial charge in [0, 0.05) is 56.1 Å². The van der Waals surface area contributed by atoms with Crippen molar-refractivity contribution in [2.24, 2.45) is 23.0 Å². The van der Waals surface area contributed by atoms with Crippen molar-refractivity contribution in [3.05, 3.63) is 47.8 Å². The molecule has 0 radical (unpaired) electrons. The van der Waals surface area contributed by atoms with E-state index < -0.39 is 39.2 Å². The number of unbranched alkanes of at least 4 members (excludes halogenated alkanes) is 1. The molecule has 2 rings (SSSR count). The van der Waals surface area contributed by atoms with Gasteiger partial charge in [0.05, 0.1) is 17.0 Å². The molecule has 0 spiro atoms. The van der Waals surface area contributed by atoms with Crippen LogP contribution in [0.2, 0.25) is 0 Å². The summed E-state index contributed by atoms with van der Waals surface area (Å²) in [5.41, 5.74) is 6.19. The average Bonchev–Trinajstić information content (AvgIpc) is 3.03. The first-order valence-corrected chi connectivity index (χ1v) is 18.2. The molecule has 15 heteroatoms. The third kappa shape index (κ3) is 15.1. The van der Waals surface area contributed by atoms with Crippen molar-refractivity contribution in [2.75, 3.05) is 18.1 Å². The van der Waals surface area contributed by atoms with E-state index in [-0.39, 0.29) is 61.1 Å². The maximum absolute atomic E-state index is 13.5. The second-order valence-corrected chi connectivity index (χ2v) is 15.2. The Kier molecular flexibility index (Phi) is 16.0. The number of ether oxygens (including phenoxy) is 1. The largest absolute Gasteiger partial charge is 0.460 e. The number of nitrogens with zero attached hydrogens (tertiary/aromatic N) is 2. The van der Waals surface area contributed by atoms with Crippen LogP contribution in [0.25, 0.3) is 0 Å². The molecule has 1 heterocycles. The summed E-state index contributed by atoms with van der Waals surface area (Å²) in [5.74, 6) is 3.36. The monoisotopic (exact) mass is 712 g/mol. The normalized spacial score (nSPS) is 12.5. The molecule has 5 N–H and O–H groups in total. The lowest BCUT2D eigenvalue weighted by Gasteiger charge is -2.24. The minimum atomic E-state index is -3.51. The van der Waals surface area contributed by atoms with Gasteiger partial charge in [-0.05, 0) is 63.6 Å². The second kappa shape index (κ2) is 19.4. The molecule has 2 atom stereocenters. The van der Waals surface area contributed by atoms with Crippen LogP contribution in [-0.4, -0.2) is 66.8 Å². The van der Waals surface area contributed by atoms with Crippen LogP contribution in [0.3, 0.4) is 0 Å². The summed E-state index contributed by atoms with van der Waals surface area (Å²) in [7, 11) is -3.51. The second-order valence-electron chi connectivity index (χ2n) is 13.3. The lowest BCUT2D eigenvalue weighted by Crippen LogP contribution is -2.45. The molecule has 14 nitrogen and oxygen atoms in total. The van der Waals surface area contributed by atoms with E-state index in [2.05, 4.69) is 37.8 Å². The summed E-state index contributed by atoms with van der Waals surface area (Å²) in [6.45, 7) is 9.21. The lowest BCUT2D eigenvalue weighted by atomic mass is 9.89. The molecule has 272 valence electrons. The number of aromatic nitrogens is 2. The molecule has 4 amide bonds. The summed E-state index contributed by atoms with van der Waals surface area (Å²) in [5, 5.41) is 7.83. The first-order valence-electron chi connectivity index (χ1n) is 16.3. The number of hydrogen-bond donors (Lipinski definition) is 4. The summed E-state index contributed by atoms with van der Waals surface area (Å²) in [6, 6.07) is 5.29. The number of nitrogens with two attached hydrogens (primary N) is 1. The fraction of sp³-hybridized carbons (Fsp3) is 0.514. The fourth-order valence-corrected chi connectivity index (χ4v) is 4.98. The number of sulfone groups is 1. The zero-order valence-electron chi connectivity index (χ0n) is 29.5. The number of Topliss-reactive ketones (excluding diaryl/α,β-unsaturated/α-hetero) is 1. The molecule has 0 fully saturated rings. The number of nitrogens with one attached hydrogen (secondary N) is 3.